The average molecular weight is 375 g/mol. The Balaban J connectivity index is 1.85. The minimum absolute atomic E-state index is 0.0701. The van der Waals surface area contributed by atoms with Crippen LogP contribution < -0.4 is 5.32 Å². The number of carboxylic acids is 1. The number of aromatic nitrogens is 3. The molecule has 0 atom stereocenters. The van der Waals surface area contributed by atoms with Crippen molar-refractivity contribution in [2.24, 2.45) is 0 Å². The van der Waals surface area contributed by atoms with Gasteiger partial charge in [0, 0.05) is 42.3 Å². The van der Waals surface area contributed by atoms with Crippen LogP contribution in [0.1, 0.15) is 20.8 Å². The highest BCUT2D eigenvalue weighted by molar-refractivity contribution is 6.11. The highest BCUT2D eigenvalue weighted by Crippen LogP contribution is 2.31. The maximum Gasteiger partial charge on any atom is 0.352 e. The van der Waals surface area contributed by atoms with E-state index in [0.29, 0.717) is 33.5 Å². The predicted molar refractivity (Wildman–Crippen MR) is 106 cm³/mol. The fourth-order valence-electron chi connectivity index (χ4n) is 3.06. The average Bonchev–Trinajstić information content (AvgIpc) is 3.14. The summed E-state index contributed by atoms with van der Waals surface area (Å²) < 4.78 is 0. The second-order valence-electron chi connectivity index (χ2n) is 6.54. The van der Waals surface area contributed by atoms with E-state index < -0.39 is 5.97 Å². The molecule has 1 aromatic carbocycles. The standard InChI is InChI=1S/C20H17N5O3/c1-25(2)19(26)11-4-3-5-12(8-11)22-18-14-9-15(20(27)28)23-17(14)13-6-7-21-10-16(13)24-18/h3-10,23H,1-2H3,(H,22,24)(H,27,28). The monoisotopic (exact) mass is 375 g/mol. The lowest BCUT2D eigenvalue weighted by Gasteiger charge is -2.13. The summed E-state index contributed by atoms with van der Waals surface area (Å²) in [6, 6.07) is 10.4. The first-order valence-corrected chi connectivity index (χ1v) is 8.52. The molecule has 3 heterocycles. The number of aromatic carboxylic acids is 1. The molecule has 0 aliphatic rings. The Labute approximate surface area is 159 Å². The van der Waals surface area contributed by atoms with Crippen molar-refractivity contribution in [2.75, 3.05) is 19.4 Å². The Hall–Kier alpha value is -3.94. The molecule has 140 valence electrons. The molecule has 8 heteroatoms. The van der Waals surface area contributed by atoms with Crippen molar-refractivity contribution in [1.82, 2.24) is 19.9 Å². The van der Waals surface area contributed by atoms with Gasteiger partial charge in [0.25, 0.3) is 5.91 Å². The first kappa shape index (κ1) is 17.5. The third-order valence-corrected chi connectivity index (χ3v) is 4.38. The number of aromatic amines is 1. The van der Waals surface area contributed by atoms with Crippen LogP contribution in [0.15, 0.2) is 48.8 Å². The van der Waals surface area contributed by atoms with Crippen LogP contribution in [0.3, 0.4) is 0 Å². The van der Waals surface area contributed by atoms with Crippen LogP contribution in [0.4, 0.5) is 11.5 Å². The number of hydrogen-bond acceptors (Lipinski definition) is 5. The van der Waals surface area contributed by atoms with Crippen molar-refractivity contribution in [3.05, 3.63) is 60.0 Å². The number of carbonyl (C=O) groups excluding carboxylic acids is 1. The molecular weight excluding hydrogens is 358 g/mol. The molecule has 0 aliphatic heterocycles. The van der Waals surface area contributed by atoms with Crippen molar-refractivity contribution in [3.63, 3.8) is 0 Å². The first-order valence-electron chi connectivity index (χ1n) is 8.52. The van der Waals surface area contributed by atoms with Gasteiger partial charge < -0.3 is 20.3 Å². The molecule has 1 amide bonds. The fraction of sp³-hybridized carbons (Fsp3) is 0.100. The van der Waals surface area contributed by atoms with E-state index in [1.54, 1.807) is 56.8 Å². The highest BCUT2D eigenvalue weighted by Gasteiger charge is 2.16. The second kappa shape index (κ2) is 6.66. The molecular formula is C20H17N5O3. The van der Waals surface area contributed by atoms with E-state index in [1.807, 2.05) is 6.07 Å². The van der Waals surface area contributed by atoms with Crippen LogP contribution in [-0.2, 0) is 0 Å². The Kier molecular flexibility index (Phi) is 4.15. The Bertz CT molecular complexity index is 1230. The second-order valence-corrected chi connectivity index (χ2v) is 6.54. The summed E-state index contributed by atoms with van der Waals surface area (Å²) in [4.78, 5) is 36.8. The molecule has 3 N–H and O–H groups in total. The van der Waals surface area contributed by atoms with Gasteiger partial charge in [-0.1, -0.05) is 6.07 Å². The maximum atomic E-state index is 12.2. The molecule has 0 spiro atoms. The molecule has 0 radical (unpaired) electrons. The summed E-state index contributed by atoms with van der Waals surface area (Å²) in [6.07, 6.45) is 3.25. The molecule has 0 bridgehead atoms. The van der Waals surface area contributed by atoms with E-state index in [-0.39, 0.29) is 11.6 Å². The Morgan fingerprint density at radius 3 is 2.71 bits per heavy atom. The molecule has 3 aromatic heterocycles. The molecule has 8 nitrogen and oxygen atoms in total. The van der Waals surface area contributed by atoms with Crippen LogP contribution in [0, 0.1) is 0 Å². The number of pyridine rings is 2. The largest absolute Gasteiger partial charge is 0.477 e. The zero-order valence-electron chi connectivity index (χ0n) is 15.2. The number of nitrogens with zero attached hydrogens (tertiary/aromatic N) is 3. The van der Waals surface area contributed by atoms with Gasteiger partial charge in [-0.3, -0.25) is 9.78 Å². The Morgan fingerprint density at radius 2 is 1.96 bits per heavy atom. The number of amides is 1. The molecule has 4 rings (SSSR count). The van der Waals surface area contributed by atoms with Crippen LogP contribution in [0.25, 0.3) is 21.8 Å². The van der Waals surface area contributed by atoms with Crippen molar-refractivity contribution in [1.29, 1.82) is 0 Å². The zero-order chi connectivity index (χ0) is 19.8. The zero-order valence-corrected chi connectivity index (χ0v) is 15.2. The summed E-state index contributed by atoms with van der Waals surface area (Å²) in [7, 11) is 3.38. The number of hydrogen-bond donors (Lipinski definition) is 3. The lowest BCUT2D eigenvalue weighted by molar-refractivity contribution is 0.0691. The molecule has 0 aliphatic carbocycles. The number of rotatable bonds is 4. The van der Waals surface area contributed by atoms with Crippen molar-refractivity contribution in [3.8, 4) is 0 Å². The van der Waals surface area contributed by atoms with E-state index in [1.165, 1.54) is 4.90 Å². The van der Waals surface area contributed by atoms with Gasteiger partial charge >= 0.3 is 5.97 Å². The van der Waals surface area contributed by atoms with E-state index in [0.717, 1.165) is 5.39 Å². The van der Waals surface area contributed by atoms with Crippen molar-refractivity contribution < 1.29 is 14.7 Å². The normalized spacial score (nSPS) is 10.9. The molecule has 0 saturated carbocycles. The van der Waals surface area contributed by atoms with Gasteiger partial charge in [0.15, 0.2) is 0 Å². The van der Waals surface area contributed by atoms with Crippen LogP contribution in [0.2, 0.25) is 0 Å². The number of H-pyrrole nitrogens is 1. The number of fused-ring (bicyclic) bond motifs is 3. The SMILES string of the molecule is CN(C)C(=O)c1cccc(Nc2nc3cnccc3c3[nH]c(C(=O)O)cc23)c1. The van der Waals surface area contributed by atoms with Gasteiger partial charge in [-0.2, -0.15) is 0 Å². The molecule has 0 fully saturated rings. The molecule has 28 heavy (non-hydrogen) atoms. The van der Waals surface area contributed by atoms with Gasteiger partial charge in [0.1, 0.15) is 11.5 Å². The minimum Gasteiger partial charge on any atom is -0.477 e. The molecule has 0 saturated heterocycles. The highest BCUT2D eigenvalue weighted by atomic mass is 16.4. The summed E-state index contributed by atoms with van der Waals surface area (Å²) in [5, 5.41) is 14.0. The maximum absolute atomic E-state index is 12.2. The minimum atomic E-state index is -1.05. The lowest BCUT2D eigenvalue weighted by Crippen LogP contribution is -2.21. The van der Waals surface area contributed by atoms with Crippen molar-refractivity contribution in [2.45, 2.75) is 0 Å². The van der Waals surface area contributed by atoms with Gasteiger partial charge in [-0.15, -0.1) is 0 Å². The third kappa shape index (κ3) is 3.01. The van der Waals surface area contributed by atoms with Gasteiger partial charge in [0.2, 0.25) is 0 Å². The van der Waals surface area contributed by atoms with Crippen LogP contribution >= 0.6 is 0 Å². The summed E-state index contributed by atoms with van der Waals surface area (Å²) >= 11 is 0. The number of anilines is 2. The van der Waals surface area contributed by atoms with Crippen molar-refractivity contribution >= 4 is 45.2 Å². The fourth-order valence-corrected chi connectivity index (χ4v) is 3.06. The predicted octanol–water partition coefficient (Wildman–Crippen LogP) is 3.25. The van der Waals surface area contributed by atoms with Gasteiger partial charge in [-0.25, -0.2) is 9.78 Å². The summed E-state index contributed by atoms with van der Waals surface area (Å²) in [5.41, 5.74) is 2.56. The summed E-state index contributed by atoms with van der Waals surface area (Å²) in [6.45, 7) is 0. The van der Waals surface area contributed by atoms with Crippen LogP contribution in [-0.4, -0.2) is 50.9 Å². The first-order chi connectivity index (χ1) is 13.4. The van der Waals surface area contributed by atoms with E-state index in [9.17, 15) is 14.7 Å². The van der Waals surface area contributed by atoms with E-state index in [2.05, 4.69) is 20.3 Å². The molecule has 0 unspecified atom stereocenters. The summed E-state index contributed by atoms with van der Waals surface area (Å²) in [5.74, 6) is -0.684. The van der Waals surface area contributed by atoms with Gasteiger partial charge in [0.05, 0.1) is 17.2 Å². The van der Waals surface area contributed by atoms with E-state index in [4.69, 9.17) is 0 Å². The lowest BCUT2D eigenvalue weighted by atomic mass is 10.1. The number of carbonyl (C=O) groups is 2. The Morgan fingerprint density at radius 1 is 1.14 bits per heavy atom. The van der Waals surface area contributed by atoms with Crippen LogP contribution in [0.5, 0.6) is 0 Å². The quantitative estimate of drug-likeness (QED) is 0.505. The molecule has 4 aromatic rings. The number of carboxylic acid groups (broad SMARTS) is 1. The third-order valence-electron chi connectivity index (χ3n) is 4.38. The van der Waals surface area contributed by atoms with Gasteiger partial charge in [-0.05, 0) is 30.3 Å². The number of benzene rings is 1. The topological polar surface area (TPSA) is 111 Å². The van der Waals surface area contributed by atoms with E-state index >= 15 is 0 Å². The smallest absolute Gasteiger partial charge is 0.352 e. The number of nitrogens with one attached hydrogen (secondary N) is 2.